The summed E-state index contributed by atoms with van der Waals surface area (Å²) in [5, 5.41) is 0. The van der Waals surface area contributed by atoms with E-state index >= 15 is 0 Å². The lowest BCUT2D eigenvalue weighted by Gasteiger charge is -2.08. The van der Waals surface area contributed by atoms with Gasteiger partial charge in [0.05, 0.1) is 12.4 Å². The molecule has 0 rings (SSSR count). The molecule has 0 saturated carbocycles. The molecule has 0 heterocycles. The number of rotatable bonds is 12. The van der Waals surface area contributed by atoms with Gasteiger partial charge in [0.15, 0.2) is 0 Å². The van der Waals surface area contributed by atoms with Crippen LogP contribution in [0.4, 0.5) is 0 Å². The van der Waals surface area contributed by atoms with Crippen LogP contribution in [0.25, 0.3) is 0 Å². The first-order valence-electron chi connectivity index (χ1n) is 7.11. The Morgan fingerprint density at radius 2 is 1.47 bits per heavy atom. The first kappa shape index (κ1) is 16.3. The van der Waals surface area contributed by atoms with Gasteiger partial charge in [-0.2, -0.15) is 0 Å². The molecule has 0 aromatic rings. The molecular weight excluding hydrogens is 208 g/mol. The van der Waals surface area contributed by atoms with Gasteiger partial charge in [-0.1, -0.05) is 44.8 Å². The van der Waals surface area contributed by atoms with Gasteiger partial charge in [-0.3, -0.25) is 0 Å². The standard InChI is InChI=1S/C16H30O/c1-5-6-14-17-16(4)13-11-9-7-8-10-12-15(2)3/h2,4-14H2,1,3H3. The summed E-state index contributed by atoms with van der Waals surface area (Å²) in [7, 11) is 0. The van der Waals surface area contributed by atoms with E-state index in [1.54, 1.807) is 0 Å². The number of allylic oxidation sites excluding steroid dienone is 2. The Bertz CT molecular complexity index is 206. The van der Waals surface area contributed by atoms with E-state index in [0.717, 1.165) is 25.2 Å². The molecule has 0 fully saturated rings. The second-order valence-electron chi connectivity index (χ2n) is 4.97. The van der Waals surface area contributed by atoms with E-state index in [1.807, 2.05) is 0 Å². The zero-order valence-electron chi connectivity index (χ0n) is 11.9. The number of hydrogen-bond donors (Lipinski definition) is 0. The third-order valence-corrected chi connectivity index (χ3v) is 2.86. The quantitative estimate of drug-likeness (QED) is 0.243. The zero-order valence-corrected chi connectivity index (χ0v) is 11.9. The summed E-state index contributed by atoms with van der Waals surface area (Å²) in [6, 6.07) is 0. The van der Waals surface area contributed by atoms with Crippen molar-refractivity contribution < 1.29 is 4.74 Å². The third-order valence-electron chi connectivity index (χ3n) is 2.86. The van der Waals surface area contributed by atoms with Crippen molar-refractivity contribution in [3.63, 3.8) is 0 Å². The van der Waals surface area contributed by atoms with Gasteiger partial charge >= 0.3 is 0 Å². The van der Waals surface area contributed by atoms with Crippen LogP contribution in [0.3, 0.4) is 0 Å². The largest absolute Gasteiger partial charge is 0.499 e. The molecule has 0 aromatic heterocycles. The van der Waals surface area contributed by atoms with E-state index in [2.05, 4.69) is 27.0 Å². The first-order chi connectivity index (χ1) is 8.16. The molecule has 0 aliphatic rings. The molecule has 0 amide bonds. The van der Waals surface area contributed by atoms with Gasteiger partial charge in [-0.25, -0.2) is 0 Å². The zero-order chi connectivity index (χ0) is 12.9. The van der Waals surface area contributed by atoms with Crippen LogP contribution in [-0.2, 0) is 4.74 Å². The lowest BCUT2D eigenvalue weighted by molar-refractivity contribution is 0.197. The minimum absolute atomic E-state index is 0.841. The van der Waals surface area contributed by atoms with Gasteiger partial charge in [0.2, 0.25) is 0 Å². The van der Waals surface area contributed by atoms with Gasteiger partial charge < -0.3 is 4.74 Å². The van der Waals surface area contributed by atoms with Crippen molar-refractivity contribution in [3.8, 4) is 0 Å². The van der Waals surface area contributed by atoms with Crippen molar-refractivity contribution in [1.82, 2.24) is 0 Å². The molecule has 0 aliphatic heterocycles. The van der Waals surface area contributed by atoms with E-state index in [0.29, 0.717) is 0 Å². The summed E-state index contributed by atoms with van der Waals surface area (Å²) in [5.41, 5.74) is 1.31. The van der Waals surface area contributed by atoms with Gasteiger partial charge in [0.25, 0.3) is 0 Å². The van der Waals surface area contributed by atoms with Crippen molar-refractivity contribution in [2.45, 2.75) is 71.6 Å². The SMILES string of the molecule is C=C(C)CCCCCCCC(=C)OCCCC. The normalized spacial score (nSPS) is 10.2. The van der Waals surface area contributed by atoms with Gasteiger partial charge in [-0.15, -0.1) is 6.58 Å². The summed E-state index contributed by atoms with van der Waals surface area (Å²) in [5.74, 6) is 0.973. The predicted octanol–water partition coefficient (Wildman–Crippen LogP) is 5.62. The molecule has 0 saturated heterocycles. The van der Waals surface area contributed by atoms with Crippen LogP contribution in [0.5, 0.6) is 0 Å². The molecule has 0 N–H and O–H groups in total. The Balaban J connectivity index is 3.16. The number of hydrogen-bond acceptors (Lipinski definition) is 1. The Hall–Kier alpha value is -0.720. The van der Waals surface area contributed by atoms with Crippen LogP contribution in [0, 0.1) is 0 Å². The molecule has 0 atom stereocenters. The minimum atomic E-state index is 0.841. The van der Waals surface area contributed by atoms with Crippen molar-refractivity contribution in [2.75, 3.05) is 6.61 Å². The Morgan fingerprint density at radius 3 is 2.06 bits per heavy atom. The predicted molar refractivity (Wildman–Crippen MR) is 77.1 cm³/mol. The topological polar surface area (TPSA) is 9.23 Å². The fourth-order valence-corrected chi connectivity index (χ4v) is 1.71. The molecule has 1 heteroatoms. The van der Waals surface area contributed by atoms with E-state index < -0.39 is 0 Å². The lowest BCUT2D eigenvalue weighted by Crippen LogP contribution is -1.93. The Kier molecular flexibility index (Phi) is 11.3. The highest BCUT2D eigenvalue weighted by molar-refractivity contribution is 4.87. The second kappa shape index (κ2) is 11.8. The van der Waals surface area contributed by atoms with Crippen molar-refractivity contribution in [1.29, 1.82) is 0 Å². The van der Waals surface area contributed by atoms with Crippen molar-refractivity contribution in [3.05, 3.63) is 24.5 Å². The van der Waals surface area contributed by atoms with Crippen molar-refractivity contribution >= 4 is 0 Å². The average Bonchev–Trinajstić information content (AvgIpc) is 2.28. The molecule has 1 nitrogen and oxygen atoms in total. The van der Waals surface area contributed by atoms with Crippen LogP contribution in [0.15, 0.2) is 24.5 Å². The van der Waals surface area contributed by atoms with E-state index in [9.17, 15) is 0 Å². The van der Waals surface area contributed by atoms with E-state index in [-0.39, 0.29) is 0 Å². The van der Waals surface area contributed by atoms with Gasteiger partial charge in [-0.05, 0) is 32.6 Å². The number of ether oxygens (including phenoxy) is 1. The summed E-state index contributed by atoms with van der Waals surface area (Å²) in [4.78, 5) is 0. The van der Waals surface area contributed by atoms with Crippen LogP contribution < -0.4 is 0 Å². The molecule has 0 unspecified atom stereocenters. The summed E-state index contributed by atoms with van der Waals surface area (Å²) in [6.45, 7) is 13.0. The monoisotopic (exact) mass is 238 g/mol. The van der Waals surface area contributed by atoms with Crippen LogP contribution in [0.1, 0.15) is 71.6 Å². The van der Waals surface area contributed by atoms with Gasteiger partial charge in [0.1, 0.15) is 0 Å². The Morgan fingerprint density at radius 1 is 0.882 bits per heavy atom. The average molecular weight is 238 g/mol. The third kappa shape index (κ3) is 13.2. The highest BCUT2D eigenvalue weighted by atomic mass is 16.5. The molecule has 0 aromatic carbocycles. The molecule has 100 valence electrons. The summed E-state index contributed by atoms with van der Waals surface area (Å²) < 4.78 is 5.54. The fourth-order valence-electron chi connectivity index (χ4n) is 1.71. The molecule has 0 radical (unpaired) electrons. The fraction of sp³-hybridized carbons (Fsp3) is 0.750. The van der Waals surface area contributed by atoms with Gasteiger partial charge in [0, 0.05) is 6.42 Å². The minimum Gasteiger partial charge on any atom is -0.499 e. The van der Waals surface area contributed by atoms with Crippen molar-refractivity contribution in [2.24, 2.45) is 0 Å². The molecular formula is C16H30O. The lowest BCUT2D eigenvalue weighted by atomic mass is 10.1. The number of unbranched alkanes of at least 4 members (excludes halogenated alkanes) is 5. The van der Waals surface area contributed by atoms with E-state index in [4.69, 9.17) is 4.74 Å². The highest BCUT2D eigenvalue weighted by Gasteiger charge is 1.96. The van der Waals surface area contributed by atoms with E-state index in [1.165, 1.54) is 50.5 Å². The highest BCUT2D eigenvalue weighted by Crippen LogP contribution is 2.13. The first-order valence-corrected chi connectivity index (χ1v) is 7.11. The van der Waals surface area contributed by atoms with Crippen LogP contribution >= 0.6 is 0 Å². The Labute approximate surface area is 108 Å². The molecule has 0 bridgehead atoms. The van der Waals surface area contributed by atoms with Crippen LogP contribution in [0.2, 0.25) is 0 Å². The van der Waals surface area contributed by atoms with Crippen LogP contribution in [-0.4, -0.2) is 6.61 Å². The maximum absolute atomic E-state index is 5.54. The summed E-state index contributed by atoms with van der Waals surface area (Å²) >= 11 is 0. The maximum atomic E-state index is 5.54. The molecule has 17 heavy (non-hydrogen) atoms. The molecule has 0 aliphatic carbocycles. The molecule has 0 spiro atoms. The second-order valence-corrected chi connectivity index (χ2v) is 4.97. The maximum Gasteiger partial charge on any atom is 0.0888 e. The smallest absolute Gasteiger partial charge is 0.0888 e. The summed E-state index contributed by atoms with van der Waals surface area (Å²) in [6.07, 6.45) is 11.0.